The van der Waals surface area contributed by atoms with E-state index >= 15 is 0 Å². The van der Waals surface area contributed by atoms with E-state index in [1.165, 1.54) is 19.1 Å². The zero-order chi connectivity index (χ0) is 23.5. The van der Waals surface area contributed by atoms with Gasteiger partial charge in [0.1, 0.15) is 36.1 Å². The van der Waals surface area contributed by atoms with Crippen molar-refractivity contribution in [2.45, 2.75) is 13.5 Å². The van der Waals surface area contributed by atoms with Gasteiger partial charge in [-0.25, -0.2) is 26.6 Å². The predicted octanol–water partition coefficient (Wildman–Crippen LogP) is 2.48. The SMILES string of the molecule is CCS(=O)(=O)Nc1ncn(-c2cc(F)c(COc3ccc(OS(=O)(=O)F)cc3)c(F)c2)n1. The molecule has 0 spiro atoms. The summed E-state index contributed by atoms with van der Waals surface area (Å²) in [5, 5.41) is 3.82. The molecule has 0 bridgehead atoms. The number of aromatic nitrogens is 3. The Morgan fingerprint density at radius 1 is 1.03 bits per heavy atom. The molecule has 3 rings (SSSR count). The molecule has 15 heteroatoms. The van der Waals surface area contributed by atoms with Gasteiger partial charge in [-0.1, -0.05) is 3.89 Å². The van der Waals surface area contributed by atoms with Crippen LogP contribution in [0.15, 0.2) is 42.7 Å². The topological polar surface area (TPSA) is 129 Å². The number of halogens is 3. The van der Waals surface area contributed by atoms with Crippen LogP contribution in [0.1, 0.15) is 12.5 Å². The van der Waals surface area contributed by atoms with Gasteiger partial charge in [0, 0.05) is 12.1 Å². The molecule has 10 nitrogen and oxygen atoms in total. The maximum absolute atomic E-state index is 14.5. The molecular formula is C17H15F3N4O6S2. The molecule has 0 radical (unpaired) electrons. The van der Waals surface area contributed by atoms with E-state index in [1.54, 1.807) is 0 Å². The van der Waals surface area contributed by atoms with E-state index in [9.17, 15) is 29.5 Å². The summed E-state index contributed by atoms with van der Waals surface area (Å²) in [4.78, 5) is 3.73. The minimum absolute atomic E-state index is 0.0490. The third-order valence-electron chi connectivity index (χ3n) is 3.91. The molecule has 0 aliphatic rings. The second kappa shape index (κ2) is 9.04. The van der Waals surface area contributed by atoms with Crippen molar-refractivity contribution in [3.8, 4) is 17.2 Å². The lowest BCUT2D eigenvalue weighted by atomic mass is 10.2. The van der Waals surface area contributed by atoms with Crippen LogP contribution in [-0.4, -0.2) is 37.4 Å². The number of benzene rings is 2. The Morgan fingerprint density at radius 3 is 2.19 bits per heavy atom. The van der Waals surface area contributed by atoms with E-state index < -0.39 is 44.3 Å². The van der Waals surface area contributed by atoms with Crippen LogP contribution in [0.2, 0.25) is 0 Å². The van der Waals surface area contributed by atoms with Crippen molar-refractivity contribution in [3.05, 3.63) is 59.9 Å². The first-order valence-corrected chi connectivity index (χ1v) is 11.7. The molecule has 0 unspecified atom stereocenters. The molecule has 32 heavy (non-hydrogen) atoms. The Balaban J connectivity index is 1.72. The van der Waals surface area contributed by atoms with E-state index in [1.807, 2.05) is 0 Å². The van der Waals surface area contributed by atoms with Crippen molar-refractivity contribution in [2.24, 2.45) is 0 Å². The molecule has 172 valence electrons. The first-order chi connectivity index (χ1) is 15.0. The highest BCUT2D eigenvalue weighted by Gasteiger charge is 2.16. The van der Waals surface area contributed by atoms with Crippen LogP contribution in [-0.2, 0) is 27.1 Å². The number of nitrogens with one attached hydrogen (secondary N) is 1. The fourth-order valence-corrected chi connectivity index (χ4v) is 3.22. The van der Waals surface area contributed by atoms with Gasteiger partial charge in [-0.15, -0.1) is 5.10 Å². The van der Waals surface area contributed by atoms with Gasteiger partial charge in [-0.2, -0.15) is 13.4 Å². The molecule has 0 atom stereocenters. The second-order valence-corrected chi connectivity index (χ2v) is 9.11. The number of sulfonamides is 1. The molecule has 0 aliphatic carbocycles. The lowest BCUT2D eigenvalue weighted by molar-refractivity contribution is 0.292. The summed E-state index contributed by atoms with van der Waals surface area (Å²) in [7, 11) is -8.80. The van der Waals surface area contributed by atoms with Crippen LogP contribution in [0.25, 0.3) is 5.69 Å². The quantitative estimate of drug-likeness (QED) is 0.451. The van der Waals surface area contributed by atoms with Crippen LogP contribution < -0.4 is 13.6 Å². The van der Waals surface area contributed by atoms with Gasteiger partial charge < -0.3 is 8.92 Å². The predicted molar refractivity (Wildman–Crippen MR) is 106 cm³/mol. The van der Waals surface area contributed by atoms with E-state index in [0.717, 1.165) is 35.3 Å². The Labute approximate surface area is 181 Å². The van der Waals surface area contributed by atoms with E-state index in [2.05, 4.69) is 19.0 Å². The summed E-state index contributed by atoms with van der Waals surface area (Å²) in [6, 6.07) is 6.54. The van der Waals surface area contributed by atoms with Crippen molar-refractivity contribution < 1.29 is 38.4 Å². The largest absolute Gasteiger partial charge is 0.489 e. The lowest BCUT2D eigenvalue weighted by Gasteiger charge is -2.10. The van der Waals surface area contributed by atoms with E-state index in [-0.39, 0.29) is 28.9 Å². The molecule has 0 fully saturated rings. The molecule has 0 saturated heterocycles. The Kier molecular flexibility index (Phi) is 6.59. The van der Waals surface area contributed by atoms with Crippen molar-refractivity contribution in [3.63, 3.8) is 0 Å². The fourth-order valence-electron chi connectivity index (χ4n) is 2.37. The normalized spacial score (nSPS) is 11.9. The summed E-state index contributed by atoms with van der Waals surface area (Å²) in [6.07, 6.45) is 1.08. The molecule has 1 N–H and O–H groups in total. The van der Waals surface area contributed by atoms with Gasteiger partial charge in [0.15, 0.2) is 0 Å². The number of hydrogen-bond donors (Lipinski definition) is 1. The first-order valence-electron chi connectivity index (χ1n) is 8.73. The van der Waals surface area contributed by atoms with E-state index in [0.29, 0.717) is 0 Å². The number of rotatable bonds is 9. The standard InChI is InChI=1S/C17H15F3N4O6S2/c1-2-31(25,26)23-17-21-10-24(22-17)11-7-15(18)14(16(19)8-11)9-29-12-3-5-13(6-4-12)30-32(20,27)28/h3-8,10H,2,9H2,1H3,(H,22,23). The summed E-state index contributed by atoms with van der Waals surface area (Å²) in [6.45, 7) is 0.903. The van der Waals surface area contributed by atoms with Gasteiger partial charge in [0.25, 0.3) is 5.95 Å². The van der Waals surface area contributed by atoms with Gasteiger partial charge in [-0.05, 0) is 31.2 Å². The highest BCUT2D eigenvalue weighted by Crippen LogP contribution is 2.23. The summed E-state index contributed by atoms with van der Waals surface area (Å²) < 4.78 is 97.8. The van der Waals surface area contributed by atoms with Gasteiger partial charge >= 0.3 is 10.5 Å². The average molecular weight is 492 g/mol. The third kappa shape index (κ3) is 6.10. The second-order valence-electron chi connectivity index (χ2n) is 6.14. The molecule has 1 aromatic heterocycles. The Morgan fingerprint density at radius 2 is 1.62 bits per heavy atom. The number of hydrogen-bond acceptors (Lipinski definition) is 8. The minimum Gasteiger partial charge on any atom is -0.489 e. The highest BCUT2D eigenvalue weighted by atomic mass is 32.3. The zero-order valence-corrected chi connectivity index (χ0v) is 17.8. The average Bonchev–Trinajstić information content (AvgIpc) is 3.15. The van der Waals surface area contributed by atoms with Gasteiger partial charge in [-0.3, -0.25) is 0 Å². The smallest absolute Gasteiger partial charge is 0.488 e. The van der Waals surface area contributed by atoms with Gasteiger partial charge in [0.05, 0.1) is 17.0 Å². The Bertz CT molecular complexity index is 1310. The van der Waals surface area contributed by atoms with Crippen molar-refractivity contribution >= 4 is 26.5 Å². The molecule has 2 aromatic carbocycles. The maximum Gasteiger partial charge on any atom is 0.488 e. The van der Waals surface area contributed by atoms with Crippen LogP contribution in [0.4, 0.5) is 18.6 Å². The zero-order valence-electron chi connectivity index (χ0n) is 16.2. The molecule has 3 aromatic rings. The molecular weight excluding hydrogens is 477 g/mol. The molecule has 0 amide bonds. The van der Waals surface area contributed by atoms with E-state index in [4.69, 9.17) is 4.74 Å². The maximum atomic E-state index is 14.5. The molecule has 0 saturated carbocycles. The Hall–Kier alpha value is -3.33. The molecule has 0 aliphatic heterocycles. The van der Waals surface area contributed by atoms with Crippen LogP contribution in [0.5, 0.6) is 11.5 Å². The number of nitrogens with zero attached hydrogens (tertiary/aromatic N) is 3. The molecule has 1 heterocycles. The van der Waals surface area contributed by atoms with Crippen LogP contribution in [0.3, 0.4) is 0 Å². The number of anilines is 1. The summed E-state index contributed by atoms with van der Waals surface area (Å²) in [5.74, 6) is -2.59. The van der Waals surface area contributed by atoms with Gasteiger partial charge in [0.2, 0.25) is 10.0 Å². The summed E-state index contributed by atoms with van der Waals surface area (Å²) in [5.41, 5.74) is -0.459. The fraction of sp³-hybridized carbons (Fsp3) is 0.176. The van der Waals surface area contributed by atoms with Crippen molar-refractivity contribution in [1.82, 2.24) is 14.8 Å². The monoisotopic (exact) mass is 492 g/mol. The first kappa shape index (κ1) is 23.3. The number of ether oxygens (including phenoxy) is 1. The van der Waals surface area contributed by atoms with Crippen molar-refractivity contribution in [1.29, 1.82) is 0 Å². The lowest BCUT2D eigenvalue weighted by Crippen LogP contribution is -2.15. The minimum atomic E-state index is -5.18. The van der Waals surface area contributed by atoms with Crippen LogP contribution in [0, 0.1) is 11.6 Å². The summed E-state index contributed by atoms with van der Waals surface area (Å²) >= 11 is 0. The third-order valence-corrected chi connectivity index (χ3v) is 5.56. The van der Waals surface area contributed by atoms with Crippen LogP contribution >= 0.6 is 0 Å². The highest BCUT2D eigenvalue weighted by molar-refractivity contribution is 7.92. The van der Waals surface area contributed by atoms with Crippen molar-refractivity contribution in [2.75, 3.05) is 10.5 Å².